The second kappa shape index (κ2) is 4.28. The van der Waals surface area contributed by atoms with Crippen molar-refractivity contribution in [3.63, 3.8) is 0 Å². The van der Waals surface area contributed by atoms with E-state index in [2.05, 4.69) is 4.98 Å². The zero-order valence-electron chi connectivity index (χ0n) is 10.9. The summed E-state index contributed by atoms with van der Waals surface area (Å²) in [6, 6.07) is 4.81. The first-order valence-corrected chi connectivity index (χ1v) is 6.23. The number of phenolic OH excluding ortho intramolecular Hbond substituents is 1. The highest BCUT2D eigenvalue weighted by atomic mass is 16.5. The van der Waals surface area contributed by atoms with Crippen molar-refractivity contribution in [2.45, 2.75) is 12.5 Å². The Kier molecular flexibility index (Phi) is 2.71. The molecule has 100 valence electrons. The predicted octanol–water partition coefficient (Wildman–Crippen LogP) is 1.58. The number of likely N-dealkylation sites (N-methyl/N-ethyl adjacent to an activating group) is 1. The number of carbonyl (C=O) groups excluding carboxylic acids is 1. The molecule has 1 aliphatic rings. The molecule has 5 heteroatoms. The Morgan fingerprint density at radius 3 is 3.05 bits per heavy atom. The standard InChI is InChI=1S/C14H16N2O3/c1-16-6-5-9-10-7-8(17)3-4-11(10)15-12(9)13(16)14(18)19-2/h3-4,7,13,15,17H,5-6H2,1-2H3. The second-order valence-corrected chi connectivity index (χ2v) is 4.90. The summed E-state index contributed by atoms with van der Waals surface area (Å²) >= 11 is 0. The molecule has 0 radical (unpaired) electrons. The molecule has 0 spiro atoms. The first-order valence-electron chi connectivity index (χ1n) is 6.23. The SMILES string of the molecule is COC(=O)C1c2[nH]c3ccc(O)cc3c2CCN1C. The summed E-state index contributed by atoms with van der Waals surface area (Å²) in [6.45, 7) is 0.787. The topological polar surface area (TPSA) is 65.6 Å². The van der Waals surface area contributed by atoms with Gasteiger partial charge in [-0.25, -0.2) is 4.79 Å². The van der Waals surface area contributed by atoms with Crippen molar-refractivity contribution in [1.29, 1.82) is 0 Å². The summed E-state index contributed by atoms with van der Waals surface area (Å²) in [6.07, 6.45) is 0.850. The van der Waals surface area contributed by atoms with E-state index in [-0.39, 0.29) is 11.7 Å². The zero-order chi connectivity index (χ0) is 13.6. The molecule has 1 aromatic carbocycles. The van der Waals surface area contributed by atoms with Crippen LogP contribution in [0.25, 0.3) is 10.9 Å². The van der Waals surface area contributed by atoms with Crippen LogP contribution in [0.4, 0.5) is 0 Å². The van der Waals surface area contributed by atoms with Crippen molar-refractivity contribution in [3.05, 3.63) is 29.5 Å². The highest BCUT2D eigenvalue weighted by molar-refractivity contribution is 5.89. The molecule has 2 aromatic rings. The van der Waals surface area contributed by atoms with E-state index < -0.39 is 6.04 Å². The number of methoxy groups -OCH3 is 1. The van der Waals surface area contributed by atoms with Gasteiger partial charge in [-0.15, -0.1) is 0 Å². The van der Waals surface area contributed by atoms with Gasteiger partial charge in [0.2, 0.25) is 0 Å². The Labute approximate surface area is 110 Å². The second-order valence-electron chi connectivity index (χ2n) is 4.90. The first-order chi connectivity index (χ1) is 9.11. The third-order valence-electron chi connectivity index (χ3n) is 3.78. The van der Waals surface area contributed by atoms with Gasteiger partial charge in [0.1, 0.15) is 11.8 Å². The lowest BCUT2D eigenvalue weighted by atomic mass is 9.98. The number of fused-ring (bicyclic) bond motifs is 3. The third kappa shape index (κ3) is 1.77. The van der Waals surface area contributed by atoms with Crippen molar-refractivity contribution >= 4 is 16.9 Å². The predicted molar refractivity (Wildman–Crippen MR) is 71.1 cm³/mol. The van der Waals surface area contributed by atoms with Crippen molar-refractivity contribution in [2.24, 2.45) is 0 Å². The van der Waals surface area contributed by atoms with Gasteiger partial charge in [0, 0.05) is 23.1 Å². The van der Waals surface area contributed by atoms with E-state index in [0.717, 1.165) is 35.1 Å². The number of aromatic nitrogens is 1. The van der Waals surface area contributed by atoms with Crippen molar-refractivity contribution < 1.29 is 14.6 Å². The van der Waals surface area contributed by atoms with Crippen LogP contribution in [-0.4, -0.2) is 41.7 Å². The van der Waals surface area contributed by atoms with Crippen molar-refractivity contribution in [3.8, 4) is 5.75 Å². The smallest absolute Gasteiger partial charge is 0.329 e. The lowest BCUT2D eigenvalue weighted by Gasteiger charge is -2.30. The van der Waals surface area contributed by atoms with E-state index in [0.29, 0.717) is 0 Å². The maximum atomic E-state index is 12.0. The van der Waals surface area contributed by atoms with Gasteiger partial charge in [0.15, 0.2) is 0 Å². The van der Waals surface area contributed by atoms with Gasteiger partial charge < -0.3 is 14.8 Å². The summed E-state index contributed by atoms with van der Waals surface area (Å²) in [5.41, 5.74) is 2.91. The molecule has 1 atom stereocenters. The van der Waals surface area contributed by atoms with Crippen LogP contribution in [0.3, 0.4) is 0 Å². The first kappa shape index (κ1) is 12.0. The summed E-state index contributed by atoms with van der Waals surface area (Å²) in [4.78, 5) is 17.2. The molecule has 19 heavy (non-hydrogen) atoms. The number of ether oxygens (including phenoxy) is 1. The Morgan fingerprint density at radius 2 is 2.32 bits per heavy atom. The minimum absolute atomic E-state index is 0.239. The summed E-state index contributed by atoms with van der Waals surface area (Å²) in [7, 11) is 3.31. The molecule has 0 amide bonds. The number of aromatic hydroxyl groups is 1. The molecule has 3 rings (SSSR count). The molecule has 2 heterocycles. The number of nitrogens with zero attached hydrogens (tertiary/aromatic N) is 1. The fraction of sp³-hybridized carbons (Fsp3) is 0.357. The van der Waals surface area contributed by atoms with Crippen LogP contribution in [0.5, 0.6) is 5.75 Å². The van der Waals surface area contributed by atoms with Crippen molar-refractivity contribution in [2.75, 3.05) is 20.7 Å². The van der Waals surface area contributed by atoms with E-state index >= 15 is 0 Å². The minimum Gasteiger partial charge on any atom is -0.508 e. The molecule has 0 saturated heterocycles. The van der Waals surface area contributed by atoms with Crippen molar-refractivity contribution in [1.82, 2.24) is 9.88 Å². The van der Waals surface area contributed by atoms with Gasteiger partial charge in [-0.05, 0) is 37.2 Å². The molecule has 0 bridgehead atoms. The van der Waals surface area contributed by atoms with Gasteiger partial charge >= 0.3 is 5.97 Å². The Balaban J connectivity index is 2.20. The van der Waals surface area contributed by atoms with Crippen LogP contribution >= 0.6 is 0 Å². The number of carbonyl (C=O) groups is 1. The lowest BCUT2D eigenvalue weighted by molar-refractivity contribution is -0.147. The minimum atomic E-state index is -0.400. The Morgan fingerprint density at radius 1 is 1.53 bits per heavy atom. The largest absolute Gasteiger partial charge is 0.508 e. The molecule has 1 unspecified atom stereocenters. The third-order valence-corrected chi connectivity index (χ3v) is 3.78. The van der Waals surface area contributed by atoms with Gasteiger partial charge in [0.05, 0.1) is 7.11 Å². The van der Waals surface area contributed by atoms with Crippen LogP contribution in [0.2, 0.25) is 0 Å². The van der Waals surface area contributed by atoms with Gasteiger partial charge in [-0.1, -0.05) is 0 Å². The molecule has 2 N–H and O–H groups in total. The number of hydrogen-bond acceptors (Lipinski definition) is 4. The average Bonchev–Trinajstić information content (AvgIpc) is 2.75. The highest BCUT2D eigenvalue weighted by Gasteiger charge is 2.34. The molecule has 1 aliphatic heterocycles. The van der Waals surface area contributed by atoms with Gasteiger partial charge in [-0.3, -0.25) is 4.90 Å². The lowest BCUT2D eigenvalue weighted by Crippen LogP contribution is -2.37. The molecule has 1 aromatic heterocycles. The molecule has 0 saturated carbocycles. The van der Waals surface area contributed by atoms with E-state index in [1.54, 1.807) is 12.1 Å². The zero-order valence-corrected chi connectivity index (χ0v) is 10.9. The van der Waals surface area contributed by atoms with E-state index in [1.165, 1.54) is 7.11 Å². The van der Waals surface area contributed by atoms with E-state index in [1.807, 2.05) is 18.0 Å². The highest BCUT2D eigenvalue weighted by Crippen LogP contribution is 2.35. The van der Waals surface area contributed by atoms with Gasteiger partial charge in [-0.2, -0.15) is 0 Å². The monoisotopic (exact) mass is 260 g/mol. The molecule has 0 aliphatic carbocycles. The molecule has 0 fully saturated rings. The number of rotatable bonds is 1. The van der Waals surface area contributed by atoms with Gasteiger partial charge in [0.25, 0.3) is 0 Å². The Hall–Kier alpha value is -2.01. The van der Waals surface area contributed by atoms with E-state index in [4.69, 9.17) is 4.74 Å². The number of benzene rings is 1. The summed E-state index contributed by atoms with van der Waals surface area (Å²) in [5.74, 6) is -0.0259. The molecule has 5 nitrogen and oxygen atoms in total. The maximum Gasteiger partial charge on any atom is 0.329 e. The van der Waals surface area contributed by atoms with Crippen LogP contribution in [0.15, 0.2) is 18.2 Å². The maximum absolute atomic E-state index is 12.0. The number of H-pyrrole nitrogens is 1. The fourth-order valence-electron chi connectivity index (χ4n) is 2.81. The van der Waals surface area contributed by atoms with Crippen LogP contribution in [-0.2, 0) is 16.0 Å². The molecular formula is C14H16N2O3. The average molecular weight is 260 g/mol. The normalized spacial score (nSPS) is 19.4. The Bertz CT molecular complexity index is 647. The summed E-state index contributed by atoms with van der Waals surface area (Å²) in [5, 5.41) is 10.6. The van der Waals surface area contributed by atoms with Crippen LogP contribution < -0.4 is 0 Å². The summed E-state index contributed by atoms with van der Waals surface area (Å²) < 4.78 is 4.89. The number of aromatic amines is 1. The van der Waals surface area contributed by atoms with E-state index in [9.17, 15) is 9.90 Å². The van der Waals surface area contributed by atoms with Crippen LogP contribution in [0, 0.1) is 0 Å². The number of phenols is 1. The quantitative estimate of drug-likeness (QED) is 0.764. The van der Waals surface area contributed by atoms with Crippen LogP contribution in [0.1, 0.15) is 17.3 Å². The number of esters is 1. The number of hydrogen-bond donors (Lipinski definition) is 2. The molecular weight excluding hydrogens is 244 g/mol. The number of nitrogens with one attached hydrogen (secondary N) is 1. The fourth-order valence-corrected chi connectivity index (χ4v) is 2.81.